The number of pyridine rings is 1. The Bertz CT molecular complexity index is 302. The molecule has 1 aromatic heterocycles. The lowest BCUT2D eigenvalue weighted by Gasteiger charge is -2.15. The van der Waals surface area contributed by atoms with Gasteiger partial charge in [0.05, 0.1) is 13.3 Å². The largest absolute Gasteiger partial charge is 0.495 e. The molecule has 4 heteroatoms. The van der Waals surface area contributed by atoms with Gasteiger partial charge in [-0.15, -0.1) is 0 Å². The van der Waals surface area contributed by atoms with E-state index >= 15 is 0 Å². The Morgan fingerprint density at radius 1 is 1.47 bits per heavy atom. The first-order valence-electron chi connectivity index (χ1n) is 5.02. The number of ether oxygens (including phenoxy) is 1. The zero-order chi connectivity index (χ0) is 11.3. The van der Waals surface area contributed by atoms with Crippen molar-refractivity contribution in [3.8, 4) is 5.75 Å². The van der Waals surface area contributed by atoms with Crippen molar-refractivity contribution in [1.82, 2.24) is 9.88 Å². The number of hydrogen-bond donors (Lipinski definition) is 1. The molecule has 84 valence electrons. The molecular weight excluding hydrogens is 190 g/mol. The average Bonchev–Trinajstić information content (AvgIpc) is 2.26. The molecule has 0 saturated carbocycles. The molecule has 2 N–H and O–H groups in total. The maximum absolute atomic E-state index is 6.04. The highest BCUT2D eigenvalue weighted by Gasteiger charge is 2.07. The number of aromatic nitrogens is 1. The van der Waals surface area contributed by atoms with E-state index in [0.29, 0.717) is 0 Å². The highest BCUT2D eigenvalue weighted by molar-refractivity contribution is 5.25. The molecule has 1 aromatic rings. The third-order valence-corrected chi connectivity index (χ3v) is 2.29. The van der Waals surface area contributed by atoms with Crippen molar-refractivity contribution in [1.29, 1.82) is 0 Å². The van der Waals surface area contributed by atoms with Crippen LogP contribution in [-0.4, -0.2) is 37.6 Å². The molecular formula is C11H19N3O. The number of nitrogens with two attached hydrogens (primary N) is 1. The van der Waals surface area contributed by atoms with Gasteiger partial charge in [-0.25, -0.2) is 0 Å². The van der Waals surface area contributed by atoms with Gasteiger partial charge < -0.3 is 15.4 Å². The summed E-state index contributed by atoms with van der Waals surface area (Å²) in [6, 6.07) is 1.96. The Morgan fingerprint density at radius 3 is 2.80 bits per heavy atom. The Morgan fingerprint density at radius 2 is 2.20 bits per heavy atom. The second-order valence-corrected chi connectivity index (χ2v) is 3.86. The molecule has 1 heterocycles. The lowest BCUT2D eigenvalue weighted by atomic mass is 10.1. The van der Waals surface area contributed by atoms with E-state index in [1.165, 1.54) is 0 Å². The average molecular weight is 209 g/mol. The summed E-state index contributed by atoms with van der Waals surface area (Å²) in [4.78, 5) is 6.20. The van der Waals surface area contributed by atoms with Crippen molar-refractivity contribution in [3.63, 3.8) is 0 Å². The van der Waals surface area contributed by atoms with Crippen LogP contribution in [0.5, 0.6) is 5.75 Å². The van der Waals surface area contributed by atoms with Crippen LogP contribution in [0.3, 0.4) is 0 Å². The van der Waals surface area contributed by atoms with Gasteiger partial charge in [-0.1, -0.05) is 0 Å². The van der Waals surface area contributed by atoms with Gasteiger partial charge in [0.2, 0.25) is 0 Å². The van der Waals surface area contributed by atoms with Crippen molar-refractivity contribution >= 4 is 0 Å². The standard InChI is InChI=1S/C11H19N3O/c1-14(2)5-4-11(12)9-6-10(15-3)8-13-7-9/h6-8,11H,4-5,12H2,1-3H3. The molecule has 0 aromatic carbocycles. The van der Waals surface area contributed by atoms with Crippen LogP contribution in [-0.2, 0) is 0 Å². The molecule has 4 nitrogen and oxygen atoms in total. The van der Waals surface area contributed by atoms with E-state index < -0.39 is 0 Å². The number of methoxy groups -OCH3 is 1. The van der Waals surface area contributed by atoms with Crippen molar-refractivity contribution in [2.75, 3.05) is 27.7 Å². The zero-order valence-electron chi connectivity index (χ0n) is 9.60. The molecule has 0 aliphatic carbocycles. The first-order valence-corrected chi connectivity index (χ1v) is 5.02. The quantitative estimate of drug-likeness (QED) is 0.787. The van der Waals surface area contributed by atoms with Crippen molar-refractivity contribution in [3.05, 3.63) is 24.0 Å². The van der Waals surface area contributed by atoms with E-state index in [1.54, 1.807) is 19.5 Å². The van der Waals surface area contributed by atoms with Crippen LogP contribution in [0.15, 0.2) is 18.5 Å². The summed E-state index contributed by atoms with van der Waals surface area (Å²) < 4.78 is 5.10. The fourth-order valence-electron chi connectivity index (χ4n) is 1.31. The van der Waals surface area contributed by atoms with Gasteiger partial charge in [0, 0.05) is 12.2 Å². The smallest absolute Gasteiger partial charge is 0.137 e. The van der Waals surface area contributed by atoms with Gasteiger partial charge in [0.1, 0.15) is 5.75 Å². The molecule has 0 saturated heterocycles. The van der Waals surface area contributed by atoms with Crippen molar-refractivity contribution < 1.29 is 4.74 Å². The Hall–Kier alpha value is -1.13. The summed E-state index contributed by atoms with van der Waals surface area (Å²) in [7, 11) is 5.71. The van der Waals surface area contributed by atoms with Crippen LogP contribution >= 0.6 is 0 Å². The fraction of sp³-hybridized carbons (Fsp3) is 0.545. The van der Waals surface area contributed by atoms with Crippen LogP contribution < -0.4 is 10.5 Å². The van der Waals surface area contributed by atoms with Crippen LogP contribution in [0, 0.1) is 0 Å². The lowest BCUT2D eigenvalue weighted by Crippen LogP contribution is -2.20. The molecule has 0 radical (unpaired) electrons. The first-order chi connectivity index (χ1) is 7.13. The fourth-order valence-corrected chi connectivity index (χ4v) is 1.31. The van der Waals surface area contributed by atoms with E-state index in [-0.39, 0.29) is 6.04 Å². The van der Waals surface area contributed by atoms with Gasteiger partial charge in [0.15, 0.2) is 0 Å². The van der Waals surface area contributed by atoms with Crippen LogP contribution in [0.1, 0.15) is 18.0 Å². The highest BCUT2D eigenvalue weighted by Crippen LogP contribution is 2.17. The topological polar surface area (TPSA) is 51.4 Å². The minimum Gasteiger partial charge on any atom is -0.495 e. The number of rotatable bonds is 5. The van der Waals surface area contributed by atoms with E-state index in [9.17, 15) is 0 Å². The maximum Gasteiger partial charge on any atom is 0.137 e. The van der Waals surface area contributed by atoms with Gasteiger partial charge >= 0.3 is 0 Å². The predicted molar refractivity (Wildman–Crippen MR) is 60.9 cm³/mol. The van der Waals surface area contributed by atoms with Gasteiger partial charge in [-0.2, -0.15) is 0 Å². The number of hydrogen-bond acceptors (Lipinski definition) is 4. The maximum atomic E-state index is 6.04. The second-order valence-electron chi connectivity index (χ2n) is 3.86. The SMILES string of the molecule is COc1cncc(C(N)CCN(C)C)c1. The third kappa shape index (κ3) is 3.85. The highest BCUT2D eigenvalue weighted by atomic mass is 16.5. The van der Waals surface area contributed by atoms with Crippen LogP contribution in [0.25, 0.3) is 0 Å². The molecule has 1 rings (SSSR count). The van der Waals surface area contributed by atoms with E-state index in [4.69, 9.17) is 10.5 Å². The van der Waals surface area contributed by atoms with Gasteiger partial charge in [-0.3, -0.25) is 4.98 Å². The zero-order valence-corrected chi connectivity index (χ0v) is 9.60. The van der Waals surface area contributed by atoms with Crippen LogP contribution in [0.4, 0.5) is 0 Å². The summed E-state index contributed by atoms with van der Waals surface area (Å²) >= 11 is 0. The van der Waals surface area contributed by atoms with Gasteiger partial charge in [0.25, 0.3) is 0 Å². The molecule has 0 amide bonds. The molecule has 1 atom stereocenters. The Kier molecular flexibility index (Phi) is 4.52. The van der Waals surface area contributed by atoms with Crippen LogP contribution in [0.2, 0.25) is 0 Å². The molecule has 0 aliphatic rings. The number of nitrogens with zero attached hydrogens (tertiary/aromatic N) is 2. The molecule has 0 fully saturated rings. The van der Waals surface area contributed by atoms with Gasteiger partial charge in [-0.05, 0) is 38.7 Å². The minimum atomic E-state index is 0.0231. The summed E-state index contributed by atoms with van der Waals surface area (Å²) in [5.41, 5.74) is 7.07. The minimum absolute atomic E-state index is 0.0231. The van der Waals surface area contributed by atoms with E-state index in [0.717, 1.165) is 24.3 Å². The normalized spacial score (nSPS) is 12.9. The summed E-state index contributed by atoms with van der Waals surface area (Å²) in [6.45, 7) is 0.971. The molecule has 0 aliphatic heterocycles. The summed E-state index contributed by atoms with van der Waals surface area (Å²) in [5, 5.41) is 0. The lowest BCUT2D eigenvalue weighted by molar-refractivity contribution is 0.381. The predicted octanol–water partition coefficient (Wildman–Crippen LogP) is 1.04. The second kappa shape index (κ2) is 5.68. The monoisotopic (exact) mass is 209 g/mol. The molecule has 0 bridgehead atoms. The van der Waals surface area contributed by atoms with E-state index in [1.807, 2.05) is 20.2 Å². The third-order valence-electron chi connectivity index (χ3n) is 2.29. The Labute approximate surface area is 91.1 Å². The molecule has 0 spiro atoms. The van der Waals surface area contributed by atoms with Crippen molar-refractivity contribution in [2.45, 2.75) is 12.5 Å². The first kappa shape index (κ1) is 11.9. The summed E-state index contributed by atoms with van der Waals surface area (Å²) in [6.07, 6.45) is 4.40. The van der Waals surface area contributed by atoms with Crippen molar-refractivity contribution in [2.24, 2.45) is 5.73 Å². The molecule has 1 unspecified atom stereocenters. The Balaban J connectivity index is 2.60. The summed E-state index contributed by atoms with van der Waals surface area (Å²) in [5.74, 6) is 0.757. The molecule has 15 heavy (non-hydrogen) atoms. The van der Waals surface area contributed by atoms with E-state index in [2.05, 4.69) is 9.88 Å².